The molecule has 0 unspecified atom stereocenters. The van der Waals surface area contributed by atoms with E-state index in [1.165, 1.54) is 20.0 Å². The van der Waals surface area contributed by atoms with Crippen LogP contribution in [0.1, 0.15) is 31.7 Å². The average Bonchev–Trinajstić information content (AvgIpc) is 2.67. The molecule has 0 aliphatic carbocycles. The van der Waals surface area contributed by atoms with Crippen molar-refractivity contribution in [1.29, 1.82) is 0 Å². The van der Waals surface area contributed by atoms with Gasteiger partial charge in [-0.2, -0.15) is 0 Å². The third-order valence-corrected chi connectivity index (χ3v) is 6.08. The number of benzene rings is 1. The van der Waals surface area contributed by atoms with Crippen LogP contribution in [-0.4, -0.2) is 59.0 Å². The zero-order valence-corrected chi connectivity index (χ0v) is 19.5. The van der Waals surface area contributed by atoms with E-state index in [0.29, 0.717) is 12.6 Å². The third-order valence-electron chi connectivity index (χ3n) is 4.65. The Labute approximate surface area is 180 Å². The molecule has 9 heteroatoms. The van der Waals surface area contributed by atoms with Gasteiger partial charge in [-0.25, -0.2) is 13.1 Å². The largest absolute Gasteiger partial charge is 0.354 e. The van der Waals surface area contributed by atoms with Crippen LogP contribution in [0.5, 0.6) is 0 Å². The molecule has 0 spiro atoms. The van der Waals surface area contributed by atoms with Gasteiger partial charge in [0, 0.05) is 32.7 Å². The van der Waals surface area contributed by atoms with E-state index in [1.807, 2.05) is 12.1 Å². The molecule has 2 rings (SSSR count). The molecule has 1 aromatic rings. The van der Waals surface area contributed by atoms with Crippen LogP contribution >= 0.6 is 24.0 Å². The second kappa shape index (κ2) is 11.8. The summed E-state index contributed by atoms with van der Waals surface area (Å²) in [6.07, 6.45) is 3.45. The molecule has 3 N–H and O–H groups in total. The first-order valence-electron chi connectivity index (χ1n) is 9.20. The van der Waals surface area contributed by atoms with Gasteiger partial charge >= 0.3 is 0 Å². The summed E-state index contributed by atoms with van der Waals surface area (Å²) in [5, 5.41) is 6.79. The molecule has 1 aliphatic rings. The molecule has 7 nitrogen and oxygen atoms in total. The van der Waals surface area contributed by atoms with Crippen molar-refractivity contribution < 1.29 is 8.42 Å². The van der Waals surface area contributed by atoms with Crippen molar-refractivity contribution in [3.8, 4) is 0 Å². The van der Waals surface area contributed by atoms with Crippen molar-refractivity contribution in [1.82, 2.24) is 20.3 Å². The summed E-state index contributed by atoms with van der Waals surface area (Å²) >= 11 is 0. The molecule has 1 aromatic carbocycles. The van der Waals surface area contributed by atoms with Crippen LogP contribution in [0.2, 0.25) is 0 Å². The molecule has 154 valence electrons. The molecule has 27 heavy (non-hydrogen) atoms. The van der Waals surface area contributed by atoms with Crippen molar-refractivity contribution in [2.45, 2.75) is 43.7 Å². The van der Waals surface area contributed by atoms with E-state index in [0.717, 1.165) is 37.5 Å². The number of likely N-dealkylation sites (tertiary alicyclic amines) is 1. The first-order valence-corrected chi connectivity index (χ1v) is 10.7. The summed E-state index contributed by atoms with van der Waals surface area (Å²) in [6.45, 7) is 6.25. The smallest absolute Gasteiger partial charge is 0.240 e. The maximum atomic E-state index is 11.8. The number of rotatable bonds is 7. The van der Waals surface area contributed by atoms with E-state index in [1.54, 1.807) is 19.2 Å². The Bertz CT molecular complexity index is 686. The lowest BCUT2D eigenvalue weighted by Gasteiger charge is -2.32. The molecule has 1 heterocycles. The molecule has 0 atom stereocenters. The summed E-state index contributed by atoms with van der Waals surface area (Å²) in [4.78, 5) is 7.08. The van der Waals surface area contributed by atoms with Crippen LogP contribution < -0.4 is 15.4 Å². The van der Waals surface area contributed by atoms with Gasteiger partial charge in [0.25, 0.3) is 0 Å². The first kappa shape index (κ1) is 24.1. The summed E-state index contributed by atoms with van der Waals surface area (Å²) in [5.41, 5.74) is 1.00. The van der Waals surface area contributed by atoms with E-state index >= 15 is 0 Å². The molecule has 0 amide bonds. The standard InChI is InChI=1S/C18H31N5O2S.HI/c1-4-11-23-12-9-16(10-13-23)22-18(19-2)21-14-15-5-7-17(8-6-15)26(24,25)20-3;/h5-8,16,20H,4,9-14H2,1-3H3,(H2,19,21,22);1H. The number of guanidine groups is 1. The molecule has 0 radical (unpaired) electrons. The van der Waals surface area contributed by atoms with Crippen molar-refractivity contribution in [2.75, 3.05) is 33.7 Å². The molecule has 1 fully saturated rings. The molecule has 1 saturated heterocycles. The number of sulfonamides is 1. The van der Waals surface area contributed by atoms with Gasteiger partial charge < -0.3 is 15.5 Å². The number of hydrogen-bond donors (Lipinski definition) is 3. The lowest BCUT2D eigenvalue weighted by molar-refractivity contribution is 0.206. The zero-order chi connectivity index (χ0) is 19.0. The normalized spacial score (nSPS) is 16.6. The second-order valence-corrected chi connectivity index (χ2v) is 8.42. The maximum Gasteiger partial charge on any atom is 0.240 e. The van der Waals surface area contributed by atoms with Crippen LogP contribution in [0.4, 0.5) is 0 Å². The Morgan fingerprint density at radius 2 is 1.85 bits per heavy atom. The Kier molecular flexibility index (Phi) is 10.6. The lowest BCUT2D eigenvalue weighted by Crippen LogP contribution is -2.48. The highest BCUT2D eigenvalue weighted by Crippen LogP contribution is 2.11. The van der Waals surface area contributed by atoms with Crippen LogP contribution in [0.25, 0.3) is 0 Å². The van der Waals surface area contributed by atoms with Gasteiger partial charge in [-0.1, -0.05) is 19.1 Å². The summed E-state index contributed by atoms with van der Waals surface area (Å²) in [7, 11) is -0.211. The van der Waals surface area contributed by atoms with Crippen molar-refractivity contribution in [2.24, 2.45) is 4.99 Å². The van der Waals surface area contributed by atoms with E-state index < -0.39 is 10.0 Å². The number of halogens is 1. The zero-order valence-electron chi connectivity index (χ0n) is 16.4. The van der Waals surface area contributed by atoms with E-state index in [9.17, 15) is 8.42 Å². The SMILES string of the molecule is CCCN1CCC(NC(=NC)NCc2ccc(S(=O)(=O)NC)cc2)CC1.I. The summed E-state index contributed by atoms with van der Waals surface area (Å²) < 4.78 is 25.8. The topological polar surface area (TPSA) is 85.8 Å². The number of piperidine rings is 1. The van der Waals surface area contributed by atoms with E-state index in [2.05, 4.69) is 32.2 Å². The fraction of sp³-hybridized carbons (Fsp3) is 0.611. The van der Waals surface area contributed by atoms with Gasteiger partial charge in [-0.3, -0.25) is 4.99 Å². The molecule has 0 aromatic heterocycles. The van der Waals surface area contributed by atoms with Gasteiger partial charge in [0.15, 0.2) is 5.96 Å². The number of aliphatic imine (C=N–C) groups is 1. The monoisotopic (exact) mass is 509 g/mol. The highest BCUT2D eigenvalue weighted by atomic mass is 127. The van der Waals surface area contributed by atoms with Crippen LogP contribution in [-0.2, 0) is 16.6 Å². The molecule has 0 bridgehead atoms. The third kappa shape index (κ3) is 7.55. The van der Waals surface area contributed by atoms with E-state index in [4.69, 9.17) is 0 Å². The number of hydrogen-bond acceptors (Lipinski definition) is 4. The van der Waals surface area contributed by atoms with Crippen LogP contribution in [0.3, 0.4) is 0 Å². The van der Waals surface area contributed by atoms with Crippen LogP contribution in [0.15, 0.2) is 34.2 Å². The Balaban J connectivity index is 0.00000364. The minimum absolute atomic E-state index is 0. The molecule has 0 saturated carbocycles. The van der Waals surface area contributed by atoms with Crippen molar-refractivity contribution in [3.63, 3.8) is 0 Å². The molecule has 1 aliphatic heterocycles. The first-order chi connectivity index (χ1) is 12.5. The maximum absolute atomic E-state index is 11.8. The predicted molar refractivity (Wildman–Crippen MR) is 121 cm³/mol. The quantitative estimate of drug-likeness (QED) is 0.296. The fourth-order valence-corrected chi connectivity index (χ4v) is 3.83. The fourth-order valence-electron chi connectivity index (χ4n) is 3.10. The highest BCUT2D eigenvalue weighted by molar-refractivity contribution is 14.0. The summed E-state index contributed by atoms with van der Waals surface area (Å²) in [5.74, 6) is 0.783. The van der Waals surface area contributed by atoms with E-state index in [-0.39, 0.29) is 28.9 Å². The van der Waals surface area contributed by atoms with Gasteiger partial charge in [0.1, 0.15) is 0 Å². The van der Waals surface area contributed by atoms with Gasteiger partial charge in [-0.05, 0) is 50.6 Å². The predicted octanol–water partition coefficient (Wildman–Crippen LogP) is 1.75. The van der Waals surface area contributed by atoms with Gasteiger partial charge in [0.2, 0.25) is 10.0 Å². The van der Waals surface area contributed by atoms with Gasteiger partial charge in [-0.15, -0.1) is 24.0 Å². The average molecular weight is 509 g/mol. The second-order valence-electron chi connectivity index (χ2n) is 6.54. The van der Waals surface area contributed by atoms with Crippen LogP contribution in [0, 0.1) is 0 Å². The van der Waals surface area contributed by atoms with Crippen molar-refractivity contribution >= 4 is 40.0 Å². The van der Waals surface area contributed by atoms with Gasteiger partial charge in [0.05, 0.1) is 4.90 Å². The Morgan fingerprint density at radius 3 is 2.37 bits per heavy atom. The molecular weight excluding hydrogens is 477 g/mol. The lowest BCUT2D eigenvalue weighted by atomic mass is 10.1. The molecular formula is C18H32IN5O2S. The number of nitrogens with zero attached hydrogens (tertiary/aromatic N) is 2. The summed E-state index contributed by atoms with van der Waals surface area (Å²) in [6, 6.07) is 7.30. The van der Waals surface area contributed by atoms with Crippen molar-refractivity contribution in [3.05, 3.63) is 29.8 Å². The highest BCUT2D eigenvalue weighted by Gasteiger charge is 2.19. The minimum Gasteiger partial charge on any atom is -0.354 e. The Hall–Kier alpha value is -0.910. The Morgan fingerprint density at radius 1 is 1.22 bits per heavy atom. The minimum atomic E-state index is -3.39. The number of nitrogens with one attached hydrogen (secondary N) is 3.